The topological polar surface area (TPSA) is 88.4 Å². The summed E-state index contributed by atoms with van der Waals surface area (Å²) < 4.78 is 45.5. The molecule has 0 aliphatic heterocycles. The normalized spacial score (nSPS) is 11.6. The third kappa shape index (κ3) is 5.38. The van der Waals surface area contributed by atoms with Crippen LogP contribution in [0, 0.1) is 5.82 Å². The summed E-state index contributed by atoms with van der Waals surface area (Å²) in [6, 6.07) is 15.0. The molecule has 0 spiro atoms. The van der Waals surface area contributed by atoms with Crippen LogP contribution in [0.1, 0.15) is 11.3 Å². The number of nitrogens with one attached hydrogen (secondary N) is 2. The van der Waals surface area contributed by atoms with E-state index in [-0.39, 0.29) is 11.4 Å². The van der Waals surface area contributed by atoms with Crippen molar-refractivity contribution in [2.45, 2.75) is 11.4 Å². The standard InChI is InChI=1S/C20H17FN2O4S/c21-16-5-1-4-15(12-16)9-10-20(24)23-17-6-2-8-19(13-17)28(25,26)22-14-18-7-3-11-27-18/h1-13,22H,14H2,(H,23,24)/b10-9+. The lowest BCUT2D eigenvalue weighted by molar-refractivity contribution is -0.111. The molecule has 0 aliphatic rings. The number of benzene rings is 2. The smallest absolute Gasteiger partial charge is 0.248 e. The highest BCUT2D eigenvalue weighted by Gasteiger charge is 2.15. The molecular formula is C20H17FN2O4S. The monoisotopic (exact) mass is 400 g/mol. The molecule has 28 heavy (non-hydrogen) atoms. The van der Waals surface area contributed by atoms with E-state index in [0.717, 1.165) is 0 Å². The van der Waals surface area contributed by atoms with Crippen LogP contribution in [0.2, 0.25) is 0 Å². The molecule has 0 saturated heterocycles. The zero-order chi connectivity index (χ0) is 20.0. The van der Waals surface area contributed by atoms with Crippen molar-refractivity contribution in [1.82, 2.24) is 4.72 Å². The average Bonchev–Trinajstić information content (AvgIpc) is 3.19. The van der Waals surface area contributed by atoms with E-state index in [1.165, 1.54) is 54.8 Å². The Kier molecular flexibility index (Phi) is 6.03. The fourth-order valence-corrected chi connectivity index (χ4v) is 3.41. The number of carbonyl (C=O) groups excluding carboxylic acids is 1. The first-order valence-corrected chi connectivity index (χ1v) is 9.77. The van der Waals surface area contributed by atoms with Crippen molar-refractivity contribution in [2.75, 3.05) is 5.32 Å². The number of rotatable bonds is 7. The van der Waals surface area contributed by atoms with Gasteiger partial charge in [0.15, 0.2) is 0 Å². The van der Waals surface area contributed by atoms with E-state index in [1.807, 2.05) is 0 Å². The Hall–Kier alpha value is -3.23. The van der Waals surface area contributed by atoms with Gasteiger partial charge in [-0.1, -0.05) is 18.2 Å². The molecule has 3 aromatic rings. The number of carbonyl (C=O) groups is 1. The molecule has 0 atom stereocenters. The van der Waals surface area contributed by atoms with Crippen LogP contribution in [-0.4, -0.2) is 14.3 Å². The van der Waals surface area contributed by atoms with Crippen LogP contribution >= 0.6 is 0 Å². The Bertz CT molecular complexity index is 1090. The fourth-order valence-electron chi connectivity index (χ4n) is 2.37. The van der Waals surface area contributed by atoms with Crippen molar-refractivity contribution in [1.29, 1.82) is 0 Å². The van der Waals surface area contributed by atoms with Crippen molar-refractivity contribution in [3.8, 4) is 0 Å². The van der Waals surface area contributed by atoms with Crippen LogP contribution in [0.4, 0.5) is 10.1 Å². The van der Waals surface area contributed by atoms with Gasteiger partial charge in [0, 0.05) is 11.8 Å². The molecule has 0 bridgehead atoms. The number of furan rings is 1. The predicted octanol–water partition coefficient (Wildman–Crippen LogP) is 3.55. The number of amides is 1. The lowest BCUT2D eigenvalue weighted by atomic mass is 10.2. The molecule has 8 heteroatoms. The first-order valence-electron chi connectivity index (χ1n) is 8.29. The van der Waals surface area contributed by atoms with Gasteiger partial charge in [0.1, 0.15) is 11.6 Å². The molecule has 1 heterocycles. The lowest BCUT2D eigenvalue weighted by Gasteiger charge is -2.08. The second-order valence-electron chi connectivity index (χ2n) is 5.81. The summed E-state index contributed by atoms with van der Waals surface area (Å²) in [4.78, 5) is 12.0. The van der Waals surface area contributed by atoms with E-state index >= 15 is 0 Å². The maximum atomic E-state index is 13.1. The first-order chi connectivity index (χ1) is 13.4. The Morgan fingerprint density at radius 2 is 1.89 bits per heavy atom. The highest BCUT2D eigenvalue weighted by molar-refractivity contribution is 7.89. The van der Waals surface area contributed by atoms with Crippen LogP contribution in [-0.2, 0) is 21.4 Å². The van der Waals surface area contributed by atoms with Crippen LogP contribution in [0.25, 0.3) is 6.08 Å². The van der Waals surface area contributed by atoms with Crippen LogP contribution < -0.4 is 10.0 Å². The van der Waals surface area contributed by atoms with E-state index in [1.54, 1.807) is 24.3 Å². The Labute approximate surface area is 161 Å². The van der Waals surface area contributed by atoms with Crippen LogP contribution in [0.15, 0.2) is 82.3 Å². The summed E-state index contributed by atoms with van der Waals surface area (Å²) in [5, 5.41) is 2.58. The van der Waals surface area contributed by atoms with Gasteiger partial charge in [-0.25, -0.2) is 17.5 Å². The van der Waals surface area contributed by atoms with E-state index in [4.69, 9.17) is 4.42 Å². The summed E-state index contributed by atoms with van der Waals surface area (Å²) in [5.41, 5.74) is 0.850. The molecule has 6 nitrogen and oxygen atoms in total. The minimum atomic E-state index is -3.78. The van der Waals surface area contributed by atoms with Crippen molar-refractivity contribution in [3.63, 3.8) is 0 Å². The molecule has 1 aromatic heterocycles. The van der Waals surface area contributed by atoms with Crippen LogP contribution in [0.5, 0.6) is 0 Å². The Balaban J connectivity index is 1.66. The molecule has 1 amide bonds. The molecule has 0 unspecified atom stereocenters. The van der Waals surface area contributed by atoms with Gasteiger partial charge in [0.05, 0.1) is 17.7 Å². The quantitative estimate of drug-likeness (QED) is 0.594. The molecule has 0 fully saturated rings. The van der Waals surface area contributed by atoms with Gasteiger partial charge in [0.25, 0.3) is 0 Å². The third-order valence-electron chi connectivity index (χ3n) is 3.70. The van der Waals surface area contributed by atoms with Gasteiger partial charge in [-0.2, -0.15) is 0 Å². The molecule has 144 valence electrons. The van der Waals surface area contributed by atoms with Gasteiger partial charge >= 0.3 is 0 Å². The molecule has 3 rings (SSSR count). The number of sulfonamides is 1. The fraction of sp³-hybridized carbons (Fsp3) is 0.0500. The maximum Gasteiger partial charge on any atom is 0.248 e. The molecule has 0 radical (unpaired) electrons. The number of anilines is 1. The SMILES string of the molecule is O=C(/C=C/c1cccc(F)c1)Nc1cccc(S(=O)(=O)NCc2ccco2)c1. The van der Waals surface area contributed by atoms with Gasteiger partial charge in [-0.05, 0) is 54.1 Å². The molecule has 0 saturated carbocycles. The molecule has 2 aromatic carbocycles. The maximum absolute atomic E-state index is 13.1. The summed E-state index contributed by atoms with van der Waals surface area (Å²) in [5.74, 6) is -0.389. The van der Waals surface area contributed by atoms with Gasteiger partial charge in [-0.15, -0.1) is 0 Å². The highest BCUT2D eigenvalue weighted by Crippen LogP contribution is 2.16. The van der Waals surface area contributed by atoms with Crippen LogP contribution in [0.3, 0.4) is 0 Å². The number of halogens is 1. The van der Waals surface area contributed by atoms with Gasteiger partial charge in [0.2, 0.25) is 15.9 Å². The zero-order valence-electron chi connectivity index (χ0n) is 14.6. The highest BCUT2D eigenvalue weighted by atomic mass is 32.2. The minimum Gasteiger partial charge on any atom is -0.468 e. The summed E-state index contributed by atoms with van der Waals surface area (Å²) in [6.45, 7) is 0.0162. The Morgan fingerprint density at radius 1 is 1.07 bits per heavy atom. The summed E-state index contributed by atoms with van der Waals surface area (Å²) in [7, 11) is -3.78. The Morgan fingerprint density at radius 3 is 2.64 bits per heavy atom. The van der Waals surface area contributed by atoms with Crippen molar-refractivity contribution in [3.05, 3.63) is 90.1 Å². The average molecular weight is 400 g/mol. The van der Waals surface area contributed by atoms with Gasteiger partial charge < -0.3 is 9.73 Å². The zero-order valence-corrected chi connectivity index (χ0v) is 15.4. The predicted molar refractivity (Wildman–Crippen MR) is 103 cm³/mol. The summed E-state index contributed by atoms with van der Waals surface area (Å²) >= 11 is 0. The van der Waals surface area contributed by atoms with Crippen molar-refractivity contribution < 1.29 is 22.0 Å². The largest absolute Gasteiger partial charge is 0.468 e. The van der Waals surface area contributed by atoms with Gasteiger partial charge in [-0.3, -0.25) is 4.79 Å². The lowest BCUT2D eigenvalue weighted by Crippen LogP contribution is -2.23. The van der Waals surface area contributed by atoms with Crippen molar-refractivity contribution in [2.24, 2.45) is 0 Å². The molecule has 2 N–H and O–H groups in total. The summed E-state index contributed by atoms with van der Waals surface area (Å²) in [6.07, 6.45) is 4.16. The van der Waals surface area contributed by atoms with E-state index in [9.17, 15) is 17.6 Å². The van der Waals surface area contributed by atoms with E-state index < -0.39 is 21.7 Å². The number of hydrogen-bond donors (Lipinski definition) is 2. The third-order valence-corrected chi connectivity index (χ3v) is 5.10. The van der Waals surface area contributed by atoms with Crippen molar-refractivity contribution >= 4 is 27.7 Å². The molecule has 0 aliphatic carbocycles. The second kappa shape index (κ2) is 8.64. The second-order valence-corrected chi connectivity index (χ2v) is 7.58. The first kappa shape index (κ1) is 19.5. The number of hydrogen-bond acceptors (Lipinski definition) is 4. The van der Waals surface area contributed by atoms with E-state index in [0.29, 0.717) is 17.0 Å². The minimum absolute atomic E-state index is 0.00552. The molecular weight excluding hydrogens is 383 g/mol. The van der Waals surface area contributed by atoms with E-state index in [2.05, 4.69) is 10.0 Å².